The molecule has 0 radical (unpaired) electrons. The summed E-state index contributed by atoms with van der Waals surface area (Å²) in [6, 6.07) is 19.0. The van der Waals surface area contributed by atoms with E-state index in [9.17, 15) is 0 Å². The zero-order valence-corrected chi connectivity index (χ0v) is 19.9. The lowest BCUT2D eigenvalue weighted by molar-refractivity contribution is 0.415. The lowest BCUT2D eigenvalue weighted by atomic mass is 10.1. The van der Waals surface area contributed by atoms with Crippen LogP contribution < -0.4 is 20.3 Å². The van der Waals surface area contributed by atoms with Gasteiger partial charge in [0.2, 0.25) is 0 Å². The number of nitrogens with zero attached hydrogens (tertiary/aromatic N) is 2. The van der Waals surface area contributed by atoms with Gasteiger partial charge in [0.25, 0.3) is 0 Å². The van der Waals surface area contributed by atoms with Crippen LogP contribution in [0, 0.1) is 5.92 Å². The molecule has 0 amide bonds. The summed E-state index contributed by atoms with van der Waals surface area (Å²) in [5, 5.41) is 6.90. The first-order chi connectivity index (χ1) is 13.7. The molecule has 0 aliphatic carbocycles. The Morgan fingerprint density at radius 2 is 2.00 bits per heavy atom. The fourth-order valence-corrected chi connectivity index (χ4v) is 3.59. The third kappa shape index (κ3) is 6.80. The Balaban J connectivity index is 0.00000300. The molecule has 2 unspecified atom stereocenters. The number of hydrogen-bond acceptors (Lipinski definition) is 3. The first-order valence-electron chi connectivity index (χ1n) is 10.2. The molecule has 5 nitrogen and oxygen atoms in total. The molecule has 1 aliphatic rings. The van der Waals surface area contributed by atoms with E-state index in [4.69, 9.17) is 9.73 Å². The third-order valence-corrected chi connectivity index (χ3v) is 5.21. The molecule has 1 saturated heterocycles. The van der Waals surface area contributed by atoms with E-state index < -0.39 is 0 Å². The van der Waals surface area contributed by atoms with Gasteiger partial charge in [0.05, 0.1) is 13.2 Å². The van der Waals surface area contributed by atoms with Gasteiger partial charge < -0.3 is 20.3 Å². The van der Waals surface area contributed by atoms with Crippen LogP contribution in [0.4, 0.5) is 5.69 Å². The fourth-order valence-electron chi connectivity index (χ4n) is 3.59. The van der Waals surface area contributed by atoms with E-state index in [-0.39, 0.29) is 30.0 Å². The van der Waals surface area contributed by atoms with Gasteiger partial charge in [0, 0.05) is 37.9 Å². The summed E-state index contributed by atoms with van der Waals surface area (Å²) in [6.07, 6.45) is 1.16. The average Bonchev–Trinajstić information content (AvgIpc) is 3.22. The van der Waals surface area contributed by atoms with Crippen LogP contribution in [0.2, 0.25) is 0 Å². The number of hydrogen-bond donors (Lipinski definition) is 2. The van der Waals surface area contributed by atoms with Crippen LogP contribution in [0.15, 0.2) is 59.6 Å². The molecule has 6 heteroatoms. The van der Waals surface area contributed by atoms with Crippen LogP contribution in [0.5, 0.6) is 5.75 Å². The molecular formula is C23H33IN4O. The minimum Gasteiger partial charge on any atom is -0.497 e. The second-order valence-electron chi connectivity index (χ2n) is 7.30. The number of ether oxygens (including phenoxy) is 1. The largest absolute Gasteiger partial charge is 0.497 e. The van der Waals surface area contributed by atoms with Gasteiger partial charge in [-0.15, -0.1) is 24.0 Å². The van der Waals surface area contributed by atoms with Gasteiger partial charge in [-0.2, -0.15) is 0 Å². The molecule has 158 valence electrons. The van der Waals surface area contributed by atoms with E-state index in [0.29, 0.717) is 5.92 Å². The average molecular weight is 508 g/mol. The number of aliphatic imine (C=N–C) groups is 1. The van der Waals surface area contributed by atoms with Gasteiger partial charge in [0.1, 0.15) is 5.75 Å². The van der Waals surface area contributed by atoms with Crippen LogP contribution in [0.1, 0.15) is 31.9 Å². The Hall–Kier alpha value is -1.96. The first-order valence-corrected chi connectivity index (χ1v) is 10.2. The quantitative estimate of drug-likeness (QED) is 0.330. The standard InChI is InChI=1S/C23H32N4O.HI/c1-4-24-23(26-18(2)20-9-6-5-7-10-20)25-16-19-13-14-27(17-19)21-11-8-12-22(15-21)28-3;/h5-12,15,18-19H,4,13-14,16-17H2,1-3H3,(H2,24,25,26);1H. The summed E-state index contributed by atoms with van der Waals surface area (Å²) in [5.41, 5.74) is 2.49. The van der Waals surface area contributed by atoms with Crippen molar-refractivity contribution < 1.29 is 4.74 Å². The van der Waals surface area contributed by atoms with Crippen molar-refractivity contribution in [2.45, 2.75) is 26.3 Å². The number of rotatable bonds is 7. The maximum absolute atomic E-state index is 5.36. The van der Waals surface area contributed by atoms with Crippen molar-refractivity contribution in [1.29, 1.82) is 0 Å². The van der Waals surface area contributed by atoms with Crippen molar-refractivity contribution >= 4 is 35.6 Å². The van der Waals surface area contributed by atoms with E-state index in [0.717, 1.165) is 44.3 Å². The lowest BCUT2D eigenvalue weighted by Gasteiger charge is -2.20. The van der Waals surface area contributed by atoms with Crippen molar-refractivity contribution in [3.8, 4) is 5.75 Å². The summed E-state index contributed by atoms with van der Waals surface area (Å²) in [4.78, 5) is 7.29. The predicted octanol–water partition coefficient (Wildman–Crippen LogP) is 4.46. The zero-order valence-electron chi connectivity index (χ0n) is 17.6. The molecule has 3 rings (SSSR count). The first kappa shape index (κ1) is 23.3. The van der Waals surface area contributed by atoms with Gasteiger partial charge >= 0.3 is 0 Å². The maximum Gasteiger partial charge on any atom is 0.191 e. The summed E-state index contributed by atoms with van der Waals surface area (Å²) in [7, 11) is 1.71. The van der Waals surface area contributed by atoms with Crippen LogP contribution in [-0.2, 0) is 0 Å². The maximum atomic E-state index is 5.36. The topological polar surface area (TPSA) is 48.9 Å². The second-order valence-corrected chi connectivity index (χ2v) is 7.30. The summed E-state index contributed by atoms with van der Waals surface area (Å²) >= 11 is 0. The number of anilines is 1. The lowest BCUT2D eigenvalue weighted by Crippen LogP contribution is -2.39. The van der Waals surface area contributed by atoms with Gasteiger partial charge in [-0.3, -0.25) is 4.99 Å². The molecule has 2 aromatic carbocycles. The molecule has 1 heterocycles. The van der Waals surface area contributed by atoms with Gasteiger partial charge in [-0.1, -0.05) is 36.4 Å². The Kier molecular flexibility index (Phi) is 9.57. The monoisotopic (exact) mass is 508 g/mol. The smallest absolute Gasteiger partial charge is 0.191 e. The van der Waals surface area contributed by atoms with E-state index in [1.54, 1.807) is 7.11 Å². The Bertz CT molecular complexity index is 768. The molecular weight excluding hydrogens is 475 g/mol. The fraction of sp³-hybridized carbons (Fsp3) is 0.435. The van der Waals surface area contributed by atoms with Gasteiger partial charge in [-0.05, 0) is 43.9 Å². The highest BCUT2D eigenvalue weighted by Crippen LogP contribution is 2.27. The minimum atomic E-state index is 0. The molecule has 0 spiro atoms. The molecule has 0 bridgehead atoms. The Labute approximate surface area is 192 Å². The van der Waals surface area contributed by atoms with Crippen molar-refractivity contribution in [3.63, 3.8) is 0 Å². The van der Waals surface area contributed by atoms with Crippen LogP contribution in [-0.4, -0.2) is 39.2 Å². The van der Waals surface area contributed by atoms with Gasteiger partial charge in [-0.25, -0.2) is 0 Å². The van der Waals surface area contributed by atoms with Gasteiger partial charge in [0.15, 0.2) is 5.96 Å². The summed E-state index contributed by atoms with van der Waals surface area (Å²) < 4.78 is 5.36. The Morgan fingerprint density at radius 3 is 2.72 bits per heavy atom. The highest BCUT2D eigenvalue weighted by molar-refractivity contribution is 14.0. The molecule has 29 heavy (non-hydrogen) atoms. The number of methoxy groups -OCH3 is 1. The minimum absolute atomic E-state index is 0. The summed E-state index contributed by atoms with van der Waals surface area (Å²) in [5.74, 6) is 2.36. The predicted molar refractivity (Wildman–Crippen MR) is 133 cm³/mol. The third-order valence-electron chi connectivity index (χ3n) is 5.21. The molecule has 1 aliphatic heterocycles. The molecule has 2 N–H and O–H groups in total. The number of nitrogens with one attached hydrogen (secondary N) is 2. The molecule has 2 atom stereocenters. The highest BCUT2D eigenvalue weighted by Gasteiger charge is 2.23. The van der Waals surface area contributed by atoms with Crippen LogP contribution in [0.3, 0.4) is 0 Å². The van der Waals surface area contributed by atoms with E-state index >= 15 is 0 Å². The molecule has 2 aromatic rings. The van der Waals surface area contributed by atoms with Crippen molar-refractivity contribution in [1.82, 2.24) is 10.6 Å². The zero-order chi connectivity index (χ0) is 19.8. The van der Waals surface area contributed by atoms with Crippen molar-refractivity contribution in [2.75, 3.05) is 38.2 Å². The number of halogens is 1. The second kappa shape index (κ2) is 11.9. The molecule has 0 aromatic heterocycles. The highest BCUT2D eigenvalue weighted by atomic mass is 127. The van der Waals surface area contributed by atoms with E-state index in [1.165, 1.54) is 11.3 Å². The number of benzene rings is 2. The Morgan fingerprint density at radius 1 is 1.21 bits per heavy atom. The SMILES string of the molecule is CCNC(=NCC1CCN(c2cccc(OC)c2)C1)NC(C)c1ccccc1.I. The molecule has 0 saturated carbocycles. The van der Waals surface area contributed by atoms with Crippen molar-refractivity contribution in [3.05, 3.63) is 60.2 Å². The normalized spacial score (nSPS) is 17.4. The van der Waals surface area contributed by atoms with Crippen LogP contribution >= 0.6 is 24.0 Å². The molecule has 1 fully saturated rings. The number of guanidine groups is 1. The van der Waals surface area contributed by atoms with E-state index in [2.05, 4.69) is 71.8 Å². The van der Waals surface area contributed by atoms with E-state index in [1.807, 2.05) is 12.1 Å². The van der Waals surface area contributed by atoms with Crippen molar-refractivity contribution in [2.24, 2.45) is 10.9 Å². The summed E-state index contributed by atoms with van der Waals surface area (Å²) in [6.45, 7) is 8.06. The van der Waals surface area contributed by atoms with Crippen LogP contribution in [0.25, 0.3) is 0 Å².